The summed E-state index contributed by atoms with van der Waals surface area (Å²) in [7, 11) is 0. The topological polar surface area (TPSA) is 0 Å². The maximum absolute atomic E-state index is 13.0. The standard InChI is InChI=1S/C10H13F.C3H8.C2H6/c1-3-9-7-8(2)5-4-6-10(9)11;1-3-2;1-2/h4,6-7H,3,5H2,1-2H3;3H2,1-2H3;1-2H3. The Balaban J connectivity index is 0. The molecule has 94 valence electrons. The maximum atomic E-state index is 13.0. The molecule has 0 aliphatic heterocycles. The molecule has 0 radical (unpaired) electrons. The minimum absolute atomic E-state index is 0.0793. The molecular weight excluding hydrogens is 199 g/mol. The van der Waals surface area contributed by atoms with E-state index in [9.17, 15) is 4.39 Å². The molecule has 1 heteroatoms. The van der Waals surface area contributed by atoms with E-state index in [0.717, 1.165) is 18.4 Å². The van der Waals surface area contributed by atoms with Crippen LogP contribution in [0.3, 0.4) is 0 Å². The molecule has 0 amide bonds. The highest BCUT2D eigenvalue weighted by atomic mass is 19.1. The van der Waals surface area contributed by atoms with E-state index in [4.69, 9.17) is 0 Å². The fraction of sp³-hybridized carbons (Fsp3) is 0.600. The van der Waals surface area contributed by atoms with Gasteiger partial charge in [-0.05, 0) is 31.4 Å². The fourth-order valence-corrected chi connectivity index (χ4v) is 1.15. The smallest absolute Gasteiger partial charge is 0.126 e. The van der Waals surface area contributed by atoms with Gasteiger partial charge in [0.25, 0.3) is 0 Å². The SMILES string of the molecule is CC.CCC.CCC1=C(F)C=CCC(C)=C1. The first-order valence-corrected chi connectivity index (χ1v) is 6.38. The van der Waals surface area contributed by atoms with Crippen LogP contribution in [0.15, 0.2) is 35.2 Å². The molecular formula is C15H27F. The molecule has 0 aromatic heterocycles. The van der Waals surface area contributed by atoms with Crippen LogP contribution in [-0.4, -0.2) is 0 Å². The molecule has 0 saturated carbocycles. The van der Waals surface area contributed by atoms with Gasteiger partial charge in [0.2, 0.25) is 0 Å². The summed E-state index contributed by atoms with van der Waals surface area (Å²) in [5.41, 5.74) is 2.04. The molecule has 0 heterocycles. The van der Waals surface area contributed by atoms with Crippen molar-refractivity contribution in [3.05, 3.63) is 35.2 Å². The summed E-state index contributed by atoms with van der Waals surface area (Å²) in [5, 5.41) is 0. The minimum atomic E-state index is -0.0793. The Morgan fingerprint density at radius 2 is 1.69 bits per heavy atom. The van der Waals surface area contributed by atoms with Crippen LogP contribution in [0.25, 0.3) is 0 Å². The van der Waals surface area contributed by atoms with Crippen molar-refractivity contribution in [1.29, 1.82) is 0 Å². The lowest BCUT2D eigenvalue weighted by Gasteiger charge is -1.97. The molecule has 1 aliphatic carbocycles. The fourth-order valence-electron chi connectivity index (χ4n) is 1.15. The summed E-state index contributed by atoms with van der Waals surface area (Å²) in [6.07, 6.45) is 8.26. The molecule has 0 nitrogen and oxygen atoms in total. The highest BCUT2D eigenvalue weighted by molar-refractivity contribution is 5.34. The average molecular weight is 226 g/mol. The third-order valence-electron chi connectivity index (χ3n) is 1.81. The summed E-state index contributed by atoms with van der Waals surface area (Å²) in [5.74, 6) is -0.0793. The van der Waals surface area contributed by atoms with Gasteiger partial charge in [-0.15, -0.1) is 0 Å². The Hall–Kier alpha value is -0.850. The van der Waals surface area contributed by atoms with Crippen molar-refractivity contribution in [1.82, 2.24) is 0 Å². The molecule has 1 rings (SSSR count). The van der Waals surface area contributed by atoms with Gasteiger partial charge >= 0.3 is 0 Å². The van der Waals surface area contributed by atoms with Crippen molar-refractivity contribution in [3.63, 3.8) is 0 Å². The summed E-state index contributed by atoms with van der Waals surface area (Å²) < 4.78 is 13.0. The van der Waals surface area contributed by atoms with Gasteiger partial charge in [0.1, 0.15) is 5.83 Å². The van der Waals surface area contributed by atoms with Crippen molar-refractivity contribution >= 4 is 0 Å². The monoisotopic (exact) mass is 226 g/mol. The largest absolute Gasteiger partial charge is 0.207 e. The first-order chi connectivity index (χ1) is 7.65. The lowest BCUT2D eigenvalue weighted by Crippen LogP contribution is -1.79. The summed E-state index contributed by atoms with van der Waals surface area (Å²) in [6, 6.07) is 0. The molecule has 0 unspecified atom stereocenters. The molecule has 0 atom stereocenters. The summed E-state index contributed by atoms with van der Waals surface area (Å²) >= 11 is 0. The third-order valence-corrected chi connectivity index (χ3v) is 1.81. The van der Waals surface area contributed by atoms with Gasteiger partial charge in [0.15, 0.2) is 0 Å². The van der Waals surface area contributed by atoms with Crippen LogP contribution >= 0.6 is 0 Å². The number of allylic oxidation sites excluding steroid dienone is 6. The second-order valence-corrected chi connectivity index (χ2v) is 3.53. The number of hydrogen-bond donors (Lipinski definition) is 0. The second-order valence-electron chi connectivity index (χ2n) is 3.53. The van der Waals surface area contributed by atoms with E-state index in [0.29, 0.717) is 0 Å². The van der Waals surface area contributed by atoms with Crippen LogP contribution in [0.4, 0.5) is 4.39 Å². The number of hydrogen-bond acceptors (Lipinski definition) is 0. The Kier molecular flexibility index (Phi) is 13.4. The van der Waals surface area contributed by atoms with Gasteiger partial charge in [-0.25, -0.2) is 4.39 Å². The van der Waals surface area contributed by atoms with Gasteiger partial charge in [0.05, 0.1) is 0 Å². The van der Waals surface area contributed by atoms with Crippen LogP contribution in [0.1, 0.15) is 60.8 Å². The van der Waals surface area contributed by atoms with Crippen molar-refractivity contribution in [3.8, 4) is 0 Å². The molecule has 0 N–H and O–H groups in total. The van der Waals surface area contributed by atoms with Crippen LogP contribution in [-0.2, 0) is 0 Å². The Morgan fingerprint density at radius 1 is 1.19 bits per heavy atom. The van der Waals surface area contributed by atoms with Crippen molar-refractivity contribution < 1.29 is 4.39 Å². The van der Waals surface area contributed by atoms with Crippen LogP contribution in [0.5, 0.6) is 0 Å². The highest BCUT2D eigenvalue weighted by Crippen LogP contribution is 2.20. The molecule has 1 aliphatic rings. The molecule has 0 fully saturated rings. The van der Waals surface area contributed by atoms with Gasteiger partial charge in [-0.3, -0.25) is 0 Å². The summed E-state index contributed by atoms with van der Waals surface area (Å²) in [6.45, 7) is 12.2. The summed E-state index contributed by atoms with van der Waals surface area (Å²) in [4.78, 5) is 0. The number of rotatable bonds is 1. The number of halogens is 1. The molecule has 0 aromatic carbocycles. The Morgan fingerprint density at radius 3 is 2.12 bits per heavy atom. The first kappa shape index (κ1) is 17.5. The predicted molar refractivity (Wildman–Crippen MR) is 73.3 cm³/mol. The van der Waals surface area contributed by atoms with Gasteiger partial charge in [-0.1, -0.05) is 58.8 Å². The molecule has 0 spiro atoms. The Labute approximate surface area is 101 Å². The maximum Gasteiger partial charge on any atom is 0.126 e. The van der Waals surface area contributed by atoms with Gasteiger partial charge in [0, 0.05) is 0 Å². The van der Waals surface area contributed by atoms with E-state index in [-0.39, 0.29) is 5.83 Å². The normalized spacial score (nSPS) is 14.1. The zero-order valence-corrected chi connectivity index (χ0v) is 11.7. The van der Waals surface area contributed by atoms with E-state index in [1.807, 2.05) is 39.8 Å². The van der Waals surface area contributed by atoms with Crippen LogP contribution < -0.4 is 0 Å². The highest BCUT2D eigenvalue weighted by Gasteiger charge is 2.02. The molecule has 0 aromatic rings. The second kappa shape index (κ2) is 12.2. The molecule has 0 bridgehead atoms. The van der Waals surface area contributed by atoms with E-state index in [1.54, 1.807) is 6.08 Å². The first-order valence-electron chi connectivity index (χ1n) is 6.38. The quantitative estimate of drug-likeness (QED) is 0.517. The third kappa shape index (κ3) is 8.46. The molecule has 0 saturated heterocycles. The van der Waals surface area contributed by atoms with Crippen molar-refractivity contribution in [2.24, 2.45) is 0 Å². The van der Waals surface area contributed by atoms with E-state index < -0.39 is 0 Å². The van der Waals surface area contributed by atoms with Crippen molar-refractivity contribution in [2.75, 3.05) is 0 Å². The predicted octanol–water partition coefficient (Wildman–Crippen LogP) is 5.97. The minimum Gasteiger partial charge on any atom is -0.207 e. The van der Waals surface area contributed by atoms with E-state index >= 15 is 0 Å². The van der Waals surface area contributed by atoms with E-state index in [2.05, 4.69) is 13.8 Å². The zero-order valence-electron chi connectivity index (χ0n) is 11.7. The zero-order chi connectivity index (χ0) is 13.0. The Bertz CT molecular complexity index is 244. The van der Waals surface area contributed by atoms with Gasteiger partial charge in [-0.2, -0.15) is 0 Å². The molecule has 16 heavy (non-hydrogen) atoms. The van der Waals surface area contributed by atoms with Crippen molar-refractivity contribution in [2.45, 2.75) is 60.8 Å². The average Bonchev–Trinajstić information content (AvgIpc) is 2.44. The van der Waals surface area contributed by atoms with Crippen LogP contribution in [0.2, 0.25) is 0 Å². The van der Waals surface area contributed by atoms with Gasteiger partial charge < -0.3 is 0 Å². The lowest BCUT2D eigenvalue weighted by atomic mass is 10.1. The van der Waals surface area contributed by atoms with E-state index in [1.165, 1.54) is 12.0 Å². The lowest BCUT2D eigenvalue weighted by molar-refractivity contribution is 0.653. The van der Waals surface area contributed by atoms with Crippen LogP contribution in [0, 0.1) is 0 Å².